The van der Waals surface area contributed by atoms with Crippen LogP contribution >= 0.6 is 11.8 Å². The molecule has 16 heavy (non-hydrogen) atoms. The molecule has 0 bridgehead atoms. The zero-order valence-corrected chi connectivity index (χ0v) is 10.3. The quantitative estimate of drug-likeness (QED) is 0.776. The Morgan fingerprint density at radius 2 is 2.19 bits per heavy atom. The molecule has 0 heterocycles. The summed E-state index contributed by atoms with van der Waals surface area (Å²) in [7, 11) is 0. The first-order chi connectivity index (χ1) is 7.56. The standard InChI is InChI=1S/C12H16O3S/c1-8(6-13)7-16-11-9(2)4-3-5-10(11)12(14)15/h3-5,8,13H,6-7H2,1-2H3,(H,14,15). The van der Waals surface area contributed by atoms with E-state index in [0.717, 1.165) is 16.2 Å². The van der Waals surface area contributed by atoms with Crippen LogP contribution in [0.15, 0.2) is 23.1 Å². The van der Waals surface area contributed by atoms with Gasteiger partial charge >= 0.3 is 5.97 Å². The normalized spacial score (nSPS) is 12.4. The van der Waals surface area contributed by atoms with Crippen molar-refractivity contribution in [2.24, 2.45) is 5.92 Å². The van der Waals surface area contributed by atoms with Gasteiger partial charge in [0.25, 0.3) is 0 Å². The number of carboxylic acids is 1. The van der Waals surface area contributed by atoms with E-state index in [-0.39, 0.29) is 12.5 Å². The zero-order chi connectivity index (χ0) is 12.1. The average molecular weight is 240 g/mol. The summed E-state index contributed by atoms with van der Waals surface area (Å²) in [5, 5.41) is 18.0. The monoisotopic (exact) mass is 240 g/mol. The average Bonchev–Trinajstić information content (AvgIpc) is 2.26. The van der Waals surface area contributed by atoms with E-state index < -0.39 is 5.97 Å². The minimum absolute atomic E-state index is 0.126. The van der Waals surface area contributed by atoms with Crippen molar-refractivity contribution in [3.05, 3.63) is 29.3 Å². The Hall–Kier alpha value is -1.00. The van der Waals surface area contributed by atoms with Crippen LogP contribution < -0.4 is 0 Å². The van der Waals surface area contributed by atoms with Crippen LogP contribution in [0.4, 0.5) is 0 Å². The van der Waals surface area contributed by atoms with Gasteiger partial charge < -0.3 is 10.2 Å². The Morgan fingerprint density at radius 1 is 1.50 bits per heavy atom. The number of hydrogen-bond acceptors (Lipinski definition) is 3. The number of rotatable bonds is 5. The van der Waals surface area contributed by atoms with Crippen LogP contribution in [0.5, 0.6) is 0 Å². The molecule has 4 heteroatoms. The van der Waals surface area contributed by atoms with Gasteiger partial charge in [-0.15, -0.1) is 11.8 Å². The van der Waals surface area contributed by atoms with Gasteiger partial charge in [-0.25, -0.2) is 4.79 Å². The van der Waals surface area contributed by atoms with Crippen LogP contribution in [0.1, 0.15) is 22.8 Å². The minimum Gasteiger partial charge on any atom is -0.478 e. The molecule has 0 amide bonds. The first-order valence-corrected chi connectivity index (χ1v) is 6.11. The van der Waals surface area contributed by atoms with Crippen LogP contribution in [0.3, 0.4) is 0 Å². The third-order valence-corrected chi connectivity index (χ3v) is 3.83. The number of benzene rings is 1. The third kappa shape index (κ3) is 3.25. The van der Waals surface area contributed by atoms with Crippen LogP contribution in [0.25, 0.3) is 0 Å². The lowest BCUT2D eigenvalue weighted by atomic mass is 10.1. The smallest absolute Gasteiger partial charge is 0.336 e. The van der Waals surface area contributed by atoms with E-state index in [0.29, 0.717) is 5.56 Å². The number of aliphatic hydroxyl groups is 1. The van der Waals surface area contributed by atoms with E-state index in [1.54, 1.807) is 12.1 Å². The molecule has 2 N–H and O–H groups in total. The van der Waals surface area contributed by atoms with Crippen molar-refractivity contribution >= 4 is 17.7 Å². The van der Waals surface area contributed by atoms with Crippen LogP contribution in [-0.2, 0) is 0 Å². The van der Waals surface area contributed by atoms with Gasteiger partial charge in [0, 0.05) is 17.3 Å². The number of aromatic carboxylic acids is 1. The largest absolute Gasteiger partial charge is 0.478 e. The first kappa shape index (κ1) is 13.1. The highest BCUT2D eigenvalue weighted by Gasteiger charge is 2.13. The van der Waals surface area contributed by atoms with Gasteiger partial charge in [-0.2, -0.15) is 0 Å². The van der Waals surface area contributed by atoms with E-state index >= 15 is 0 Å². The van der Waals surface area contributed by atoms with Crippen LogP contribution in [0.2, 0.25) is 0 Å². The predicted octanol–water partition coefficient (Wildman–Crippen LogP) is 2.41. The maximum Gasteiger partial charge on any atom is 0.336 e. The minimum atomic E-state index is -0.900. The summed E-state index contributed by atoms with van der Waals surface area (Å²) in [6.07, 6.45) is 0. The van der Waals surface area contributed by atoms with Gasteiger partial charge in [-0.3, -0.25) is 0 Å². The number of thioether (sulfide) groups is 1. The van der Waals surface area contributed by atoms with Crippen molar-refractivity contribution in [1.82, 2.24) is 0 Å². The molecule has 1 rings (SSSR count). The molecule has 3 nitrogen and oxygen atoms in total. The summed E-state index contributed by atoms with van der Waals surface area (Å²) < 4.78 is 0. The number of carbonyl (C=O) groups is 1. The fraction of sp³-hybridized carbons (Fsp3) is 0.417. The number of carboxylic acid groups (broad SMARTS) is 1. The molecule has 1 aromatic rings. The Labute approximate surface area is 99.5 Å². The van der Waals surface area contributed by atoms with Gasteiger partial charge in [0.1, 0.15) is 0 Å². The Balaban J connectivity index is 2.88. The fourth-order valence-corrected chi connectivity index (χ4v) is 2.45. The molecule has 0 aliphatic heterocycles. The maximum absolute atomic E-state index is 11.0. The van der Waals surface area contributed by atoms with E-state index in [1.807, 2.05) is 19.9 Å². The summed E-state index contributed by atoms with van der Waals surface area (Å²) in [5.74, 6) is -0.00384. The predicted molar refractivity (Wildman–Crippen MR) is 65.1 cm³/mol. The second-order valence-corrected chi connectivity index (χ2v) is 4.89. The zero-order valence-electron chi connectivity index (χ0n) is 9.43. The molecule has 0 saturated carbocycles. The second kappa shape index (κ2) is 5.92. The van der Waals surface area contributed by atoms with E-state index in [4.69, 9.17) is 10.2 Å². The summed E-state index contributed by atoms with van der Waals surface area (Å²) in [5.41, 5.74) is 1.31. The number of aliphatic hydroxyl groups excluding tert-OH is 1. The molecule has 0 spiro atoms. The van der Waals surface area contributed by atoms with Crippen molar-refractivity contribution < 1.29 is 15.0 Å². The maximum atomic E-state index is 11.0. The molecule has 88 valence electrons. The Bertz CT molecular complexity index is 377. The SMILES string of the molecule is Cc1cccc(C(=O)O)c1SCC(C)CO. The lowest BCUT2D eigenvalue weighted by Gasteiger charge is -2.11. The summed E-state index contributed by atoms with van der Waals surface area (Å²) >= 11 is 1.49. The number of aryl methyl sites for hydroxylation is 1. The van der Waals surface area contributed by atoms with Crippen molar-refractivity contribution in [2.45, 2.75) is 18.7 Å². The number of hydrogen-bond donors (Lipinski definition) is 2. The van der Waals surface area contributed by atoms with Gasteiger partial charge in [-0.05, 0) is 24.5 Å². The highest BCUT2D eigenvalue weighted by Crippen LogP contribution is 2.28. The highest BCUT2D eigenvalue weighted by atomic mass is 32.2. The molecular weight excluding hydrogens is 224 g/mol. The molecule has 0 radical (unpaired) electrons. The lowest BCUT2D eigenvalue weighted by Crippen LogP contribution is -2.06. The third-order valence-electron chi connectivity index (χ3n) is 2.27. The first-order valence-electron chi connectivity index (χ1n) is 5.12. The molecule has 1 unspecified atom stereocenters. The molecule has 0 fully saturated rings. The fourth-order valence-electron chi connectivity index (χ4n) is 1.29. The van der Waals surface area contributed by atoms with Crippen molar-refractivity contribution in [1.29, 1.82) is 0 Å². The van der Waals surface area contributed by atoms with E-state index in [1.165, 1.54) is 11.8 Å². The molecular formula is C12H16O3S. The van der Waals surface area contributed by atoms with E-state index in [9.17, 15) is 4.79 Å². The van der Waals surface area contributed by atoms with Crippen molar-refractivity contribution in [3.63, 3.8) is 0 Å². The highest BCUT2D eigenvalue weighted by molar-refractivity contribution is 7.99. The molecule has 0 aliphatic carbocycles. The van der Waals surface area contributed by atoms with Crippen LogP contribution in [0, 0.1) is 12.8 Å². The van der Waals surface area contributed by atoms with Gasteiger partial charge in [0.2, 0.25) is 0 Å². The van der Waals surface area contributed by atoms with Crippen molar-refractivity contribution in [3.8, 4) is 0 Å². The summed E-state index contributed by atoms with van der Waals surface area (Å²) in [6.45, 7) is 3.96. The Morgan fingerprint density at radius 3 is 2.75 bits per heavy atom. The topological polar surface area (TPSA) is 57.5 Å². The summed E-state index contributed by atoms with van der Waals surface area (Å²) in [6, 6.07) is 5.26. The summed E-state index contributed by atoms with van der Waals surface area (Å²) in [4.78, 5) is 11.8. The van der Waals surface area contributed by atoms with Gasteiger partial charge in [0.05, 0.1) is 5.56 Å². The second-order valence-electron chi connectivity index (χ2n) is 3.86. The molecule has 0 saturated heterocycles. The molecule has 1 aromatic carbocycles. The lowest BCUT2D eigenvalue weighted by molar-refractivity contribution is 0.0693. The molecule has 0 aromatic heterocycles. The molecule has 0 aliphatic rings. The Kier molecular flexibility index (Phi) is 4.83. The molecule has 1 atom stereocenters. The van der Waals surface area contributed by atoms with E-state index in [2.05, 4.69) is 0 Å². The van der Waals surface area contributed by atoms with Crippen LogP contribution in [-0.4, -0.2) is 28.5 Å². The van der Waals surface area contributed by atoms with Gasteiger partial charge in [-0.1, -0.05) is 19.1 Å². The van der Waals surface area contributed by atoms with Gasteiger partial charge in [0.15, 0.2) is 0 Å². The van der Waals surface area contributed by atoms with Crippen molar-refractivity contribution in [2.75, 3.05) is 12.4 Å².